The Hall–Kier alpha value is 0.100. The van der Waals surface area contributed by atoms with E-state index < -0.39 is 0 Å². The van der Waals surface area contributed by atoms with E-state index in [1.807, 2.05) is 37.6 Å². The van der Waals surface area contributed by atoms with Gasteiger partial charge in [0.25, 0.3) is 0 Å². The number of hydrogen-bond donors (Lipinski definition) is 0. The normalized spacial score (nSPS) is 9.84. The second-order valence-corrected chi connectivity index (χ2v) is 4.29. The van der Waals surface area contributed by atoms with Gasteiger partial charge in [0.15, 0.2) is 0 Å². The van der Waals surface area contributed by atoms with E-state index in [9.17, 15) is 0 Å². The molecule has 0 saturated heterocycles. The van der Waals surface area contributed by atoms with Crippen molar-refractivity contribution in [3.8, 4) is 5.69 Å². The van der Waals surface area contributed by atoms with Crippen molar-refractivity contribution in [3.63, 3.8) is 0 Å². The molecule has 0 saturated carbocycles. The summed E-state index contributed by atoms with van der Waals surface area (Å²) in [5, 5.41) is 4.36. The van der Waals surface area contributed by atoms with Gasteiger partial charge in [-0.2, -0.15) is 23.3 Å². The molecule has 0 atom stereocenters. The summed E-state index contributed by atoms with van der Waals surface area (Å²) in [7, 11) is 12.7. The molecule has 0 unspecified atom stereocenters. The second-order valence-electron chi connectivity index (χ2n) is 4.29. The van der Waals surface area contributed by atoms with Crippen LogP contribution in [-0.4, -0.2) is 89.3 Å². The Kier molecular flexibility index (Phi) is 6.51. The van der Waals surface area contributed by atoms with Gasteiger partial charge in [-0.15, -0.1) is 5.56 Å². The molecule has 0 aliphatic heterocycles. The Morgan fingerprint density at radius 1 is 1.42 bits per heavy atom. The van der Waals surface area contributed by atoms with E-state index in [1.54, 1.807) is 0 Å². The molecule has 0 aliphatic rings. The van der Waals surface area contributed by atoms with Crippen molar-refractivity contribution in [2.45, 2.75) is 20.8 Å². The van der Waals surface area contributed by atoms with Crippen molar-refractivity contribution in [3.05, 3.63) is 35.4 Å². The molecular formula is C11H12B4N3Sr. The molecule has 2 rings (SSSR count). The molecule has 19 heavy (non-hydrogen) atoms. The summed E-state index contributed by atoms with van der Waals surface area (Å²) in [6.07, 6.45) is 0. The van der Waals surface area contributed by atoms with Gasteiger partial charge in [0.1, 0.15) is 11.6 Å². The predicted octanol–water partition coefficient (Wildman–Crippen LogP) is -0.624. The Balaban J connectivity index is 0.00000180. The van der Waals surface area contributed by atoms with Crippen LogP contribution in [0.25, 0.3) is 5.69 Å². The van der Waals surface area contributed by atoms with Crippen molar-refractivity contribution in [2.75, 3.05) is 0 Å². The number of nitrogens with zero attached hydrogens (tertiary/aromatic N) is 3. The number of hydrogen-bond acceptors (Lipinski definition) is 2. The van der Waals surface area contributed by atoms with Crippen molar-refractivity contribution >= 4 is 80.0 Å². The Bertz CT molecular complexity index is 579. The maximum Gasteiger partial charge on any atom is 2.00 e. The van der Waals surface area contributed by atoms with Crippen LogP contribution in [0, 0.1) is 26.8 Å². The van der Waals surface area contributed by atoms with Crippen molar-refractivity contribution < 1.29 is 1.43 Å². The molecule has 1 aromatic carbocycles. The maximum atomic E-state index is 5.84. The minimum Gasteiger partial charge on any atom is -1.00 e. The fraction of sp³-hybridized carbons (Fsp3) is 0.273. The summed E-state index contributed by atoms with van der Waals surface area (Å²) in [6.45, 7) is 5.51. The molecule has 1 aromatic heterocycles. The standard InChI is InChI=1S/C11H11B4N3.Sr.H/c1-7-6-10(15(13)14-12)4-5-11(7)18-9(3)16-8(2)17-18;;/h5-6H,1-3H3;;/q-1;+2;-1. The topological polar surface area (TPSA) is 30.7 Å². The molecule has 0 amide bonds. The molecule has 8 heteroatoms. The van der Waals surface area contributed by atoms with Crippen molar-refractivity contribution in [1.82, 2.24) is 14.8 Å². The fourth-order valence-electron chi connectivity index (χ4n) is 1.89. The van der Waals surface area contributed by atoms with E-state index in [4.69, 9.17) is 15.5 Å². The summed E-state index contributed by atoms with van der Waals surface area (Å²) in [4.78, 5) is 4.29. The van der Waals surface area contributed by atoms with Crippen LogP contribution in [0.2, 0.25) is 0 Å². The van der Waals surface area contributed by atoms with Gasteiger partial charge in [-0.25, -0.2) is 10.4 Å². The van der Waals surface area contributed by atoms with Gasteiger partial charge in [0, 0.05) is 29.0 Å². The third-order valence-electron chi connectivity index (χ3n) is 2.82. The van der Waals surface area contributed by atoms with E-state index in [2.05, 4.69) is 16.1 Å². The van der Waals surface area contributed by atoms with E-state index >= 15 is 0 Å². The first kappa shape index (κ1) is 17.2. The molecule has 0 bridgehead atoms. The van der Waals surface area contributed by atoms with E-state index in [-0.39, 0.29) is 53.4 Å². The monoisotopic (exact) mass is 318 g/mol. The predicted molar refractivity (Wildman–Crippen MR) is 83.9 cm³/mol. The number of aryl methyl sites for hydroxylation is 3. The van der Waals surface area contributed by atoms with Crippen LogP contribution in [0.4, 0.5) is 0 Å². The first-order valence-corrected chi connectivity index (χ1v) is 5.76. The third kappa shape index (κ3) is 3.81. The summed E-state index contributed by atoms with van der Waals surface area (Å²) < 4.78 is 1.81. The minimum absolute atomic E-state index is 0. The maximum absolute atomic E-state index is 5.84. The van der Waals surface area contributed by atoms with Gasteiger partial charge in [-0.1, -0.05) is 6.92 Å². The zero-order valence-corrected chi connectivity index (χ0v) is 15.0. The molecule has 0 N–H and O–H groups in total. The average Bonchev–Trinajstić information content (AvgIpc) is 2.67. The first-order chi connectivity index (χ1) is 8.52. The second kappa shape index (κ2) is 7.21. The molecule has 3 nitrogen and oxygen atoms in total. The van der Waals surface area contributed by atoms with Crippen LogP contribution < -0.4 is 5.46 Å². The molecule has 0 fully saturated rings. The fourth-order valence-corrected chi connectivity index (χ4v) is 1.89. The minimum atomic E-state index is -0.295. The van der Waals surface area contributed by atoms with Crippen LogP contribution >= 0.6 is 0 Å². The smallest absolute Gasteiger partial charge is 1.00 e. The molecule has 2 aromatic rings. The van der Waals surface area contributed by atoms with Gasteiger partial charge < -0.3 is 1.43 Å². The number of benzene rings is 1. The molecular weight excluding hydrogens is 305 g/mol. The Morgan fingerprint density at radius 2 is 2.11 bits per heavy atom. The van der Waals surface area contributed by atoms with Gasteiger partial charge in [0.2, 0.25) is 0 Å². The number of rotatable bonds is 3. The summed E-state index contributed by atoms with van der Waals surface area (Å²) in [5.74, 6) is 1.61. The number of aromatic nitrogens is 3. The summed E-state index contributed by atoms with van der Waals surface area (Å²) in [6, 6.07) is 6.98. The SMILES string of the molecule is [B][B]B([B])c1[c-]cc(-n2nc(C)nc2C)c(C)c1.[H-].[Sr+2]. The summed E-state index contributed by atoms with van der Waals surface area (Å²) >= 11 is 0. The van der Waals surface area contributed by atoms with E-state index in [1.165, 1.54) is 7.06 Å². The van der Waals surface area contributed by atoms with Crippen LogP contribution in [0.1, 0.15) is 18.6 Å². The molecule has 0 spiro atoms. The van der Waals surface area contributed by atoms with E-state index in [0.717, 1.165) is 28.4 Å². The third-order valence-corrected chi connectivity index (χ3v) is 2.82. The Labute approximate surface area is 156 Å². The van der Waals surface area contributed by atoms with Gasteiger partial charge >= 0.3 is 45.5 Å². The van der Waals surface area contributed by atoms with Crippen LogP contribution in [0.15, 0.2) is 12.1 Å². The van der Waals surface area contributed by atoms with Gasteiger partial charge in [-0.05, 0) is 19.5 Å². The summed E-state index contributed by atoms with van der Waals surface area (Å²) in [5.41, 5.74) is 2.89. The zero-order chi connectivity index (χ0) is 13.3. The van der Waals surface area contributed by atoms with E-state index in [0.29, 0.717) is 0 Å². The van der Waals surface area contributed by atoms with Crippen molar-refractivity contribution in [1.29, 1.82) is 0 Å². The first-order valence-electron chi connectivity index (χ1n) is 5.76. The van der Waals surface area contributed by atoms with Crippen molar-refractivity contribution in [2.24, 2.45) is 0 Å². The quantitative estimate of drug-likeness (QED) is 0.558. The zero-order valence-electron chi connectivity index (χ0n) is 12.5. The molecule has 0 aliphatic carbocycles. The Morgan fingerprint density at radius 3 is 2.58 bits per heavy atom. The van der Waals surface area contributed by atoms with Gasteiger partial charge in [-0.3, -0.25) is 4.68 Å². The van der Waals surface area contributed by atoms with Crippen LogP contribution in [0.5, 0.6) is 0 Å². The van der Waals surface area contributed by atoms with Crippen LogP contribution in [0.3, 0.4) is 0 Å². The molecule has 85 valence electrons. The molecule has 5 radical (unpaired) electrons. The van der Waals surface area contributed by atoms with Gasteiger partial charge in [0.05, 0.1) is 0 Å². The average molecular weight is 317 g/mol. The van der Waals surface area contributed by atoms with Crippen LogP contribution in [-0.2, 0) is 0 Å². The molecule has 1 heterocycles. The largest absolute Gasteiger partial charge is 2.00 e.